The Morgan fingerprint density at radius 3 is 2.06 bits per heavy atom. The van der Waals surface area contributed by atoms with Crippen molar-refractivity contribution in [3.63, 3.8) is 0 Å². The van der Waals surface area contributed by atoms with Crippen LogP contribution in [0.1, 0.15) is 41.5 Å². The van der Waals surface area contributed by atoms with Crippen molar-refractivity contribution < 1.29 is 23.5 Å². The minimum Gasteiger partial charge on any atom is -0.444 e. The summed E-state index contributed by atoms with van der Waals surface area (Å²) in [4.78, 5) is 43.4. The molecule has 2 aromatic rings. The second-order valence-corrected chi connectivity index (χ2v) is 11.6. The summed E-state index contributed by atoms with van der Waals surface area (Å²) in [6.45, 7) is 11.8. The Balaban J connectivity index is 1.68. The molecule has 10 nitrogen and oxygen atoms in total. The molecule has 2 aliphatic rings. The molecule has 0 aromatic carbocycles. The summed E-state index contributed by atoms with van der Waals surface area (Å²) < 4.78 is 25.9. The van der Waals surface area contributed by atoms with Crippen molar-refractivity contribution in [3.05, 3.63) is 22.5 Å². The molecule has 0 spiro atoms. The lowest BCUT2D eigenvalue weighted by Crippen LogP contribution is -2.71. The van der Waals surface area contributed by atoms with E-state index in [-0.39, 0.29) is 42.1 Å². The maximum Gasteiger partial charge on any atom is 0.411 e. The van der Waals surface area contributed by atoms with Crippen LogP contribution in [0, 0.1) is 5.82 Å². The van der Waals surface area contributed by atoms with E-state index in [1.165, 1.54) is 6.20 Å². The zero-order chi connectivity index (χ0) is 26.6. The Bertz CT molecular complexity index is 1190. The molecule has 0 saturated carbocycles. The Morgan fingerprint density at radius 1 is 0.944 bits per heavy atom. The fraction of sp³-hybridized carbons (Fsp3) is 0.609. The second kappa shape index (κ2) is 9.33. The molecule has 13 heteroatoms. The molecular formula is C23H29Cl2FN6O4. The fourth-order valence-corrected chi connectivity index (χ4v) is 4.73. The summed E-state index contributed by atoms with van der Waals surface area (Å²) >= 11 is 12.0. The Kier molecular flexibility index (Phi) is 6.85. The molecule has 0 radical (unpaired) electrons. The first-order chi connectivity index (χ1) is 16.6. The van der Waals surface area contributed by atoms with Gasteiger partial charge in [0.05, 0.1) is 17.5 Å². The quantitative estimate of drug-likeness (QED) is 0.383. The first-order valence-corrected chi connectivity index (χ1v) is 12.3. The molecule has 36 heavy (non-hydrogen) atoms. The number of fused-ring (bicyclic) bond motifs is 3. The highest BCUT2D eigenvalue weighted by atomic mass is 35.5. The molecule has 2 saturated heterocycles. The van der Waals surface area contributed by atoms with Crippen LogP contribution in [0.3, 0.4) is 0 Å². The maximum absolute atomic E-state index is 14.7. The van der Waals surface area contributed by atoms with E-state index < -0.39 is 41.3 Å². The van der Waals surface area contributed by atoms with E-state index in [1.807, 2.05) is 4.90 Å². The lowest BCUT2D eigenvalue weighted by molar-refractivity contribution is -0.0366. The molecule has 196 valence electrons. The fourth-order valence-electron chi connectivity index (χ4n) is 4.43. The first-order valence-electron chi connectivity index (χ1n) is 11.5. The van der Waals surface area contributed by atoms with Crippen molar-refractivity contribution in [1.29, 1.82) is 0 Å². The lowest BCUT2D eigenvalue weighted by atomic mass is 10.0. The van der Waals surface area contributed by atoms with Crippen LogP contribution in [0.25, 0.3) is 10.9 Å². The van der Waals surface area contributed by atoms with Crippen LogP contribution in [0.2, 0.25) is 10.4 Å². The highest BCUT2D eigenvalue weighted by molar-refractivity contribution is 6.30. The summed E-state index contributed by atoms with van der Waals surface area (Å²) in [6.07, 6.45) is 0.479. The number of pyridine rings is 1. The van der Waals surface area contributed by atoms with Crippen molar-refractivity contribution >= 4 is 52.1 Å². The average molecular weight is 543 g/mol. The van der Waals surface area contributed by atoms with Gasteiger partial charge in [0, 0.05) is 32.4 Å². The van der Waals surface area contributed by atoms with Crippen LogP contribution >= 0.6 is 23.2 Å². The molecule has 0 aliphatic carbocycles. The maximum atomic E-state index is 14.7. The number of hydrogen-bond donors (Lipinski definition) is 0. The minimum atomic E-state index is -0.789. The SMILES string of the molecule is CC(C)(C)OC(=O)N1C[C@@H]2CN(c3nc(Cl)nc4c(F)c(Cl)ncc34)C[C@H](C1)N2C(=O)OC(C)(C)C. The number of amides is 2. The van der Waals surface area contributed by atoms with Crippen LogP contribution in [0.5, 0.6) is 0 Å². The van der Waals surface area contributed by atoms with Crippen molar-refractivity contribution in [2.24, 2.45) is 0 Å². The summed E-state index contributed by atoms with van der Waals surface area (Å²) in [5.74, 6) is -0.416. The third-order valence-corrected chi connectivity index (χ3v) is 6.09. The smallest absolute Gasteiger partial charge is 0.411 e. The van der Waals surface area contributed by atoms with Crippen molar-refractivity contribution in [3.8, 4) is 0 Å². The van der Waals surface area contributed by atoms with Gasteiger partial charge >= 0.3 is 12.2 Å². The molecule has 2 bridgehead atoms. The highest BCUT2D eigenvalue weighted by Crippen LogP contribution is 2.34. The third-order valence-electron chi connectivity index (χ3n) is 5.66. The summed E-state index contributed by atoms with van der Waals surface area (Å²) in [6, 6.07) is -0.900. The third kappa shape index (κ3) is 5.51. The van der Waals surface area contributed by atoms with Crippen LogP contribution in [-0.2, 0) is 9.47 Å². The zero-order valence-corrected chi connectivity index (χ0v) is 22.5. The van der Waals surface area contributed by atoms with Gasteiger partial charge in [0.25, 0.3) is 0 Å². The van der Waals surface area contributed by atoms with E-state index >= 15 is 0 Å². The zero-order valence-electron chi connectivity index (χ0n) is 21.0. The largest absolute Gasteiger partial charge is 0.444 e. The van der Waals surface area contributed by atoms with Gasteiger partial charge in [0.15, 0.2) is 11.0 Å². The number of carbonyl (C=O) groups excluding carboxylic acids is 2. The Morgan fingerprint density at radius 2 is 1.50 bits per heavy atom. The molecule has 0 N–H and O–H groups in total. The minimum absolute atomic E-state index is 0.0416. The first kappa shape index (κ1) is 26.4. The van der Waals surface area contributed by atoms with Crippen LogP contribution in [0.15, 0.2) is 6.20 Å². The number of rotatable bonds is 1. The van der Waals surface area contributed by atoms with E-state index in [0.29, 0.717) is 11.2 Å². The number of hydrogen-bond acceptors (Lipinski definition) is 8. The topological polar surface area (TPSA) is 101 Å². The van der Waals surface area contributed by atoms with Crippen molar-refractivity contribution in [2.75, 3.05) is 31.1 Å². The number of aromatic nitrogens is 3. The second-order valence-electron chi connectivity index (χ2n) is 10.9. The number of piperazine rings is 2. The highest BCUT2D eigenvalue weighted by Gasteiger charge is 2.47. The summed E-state index contributed by atoms with van der Waals surface area (Å²) in [7, 11) is 0. The van der Waals surface area contributed by atoms with E-state index in [4.69, 9.17) is 32.7 Å². The van der Waals surface area contributed by atoms with Crippen LogP contribution in [-0.4, -0.2) is 86.4 Å². The average Bonchev–Trinajstić information content (AvgIpc) is 2.72. The van der Waals surface area contributed by atoms with Gasteiger partial charge in [-0.2, -0.15) is 4.98 Å². The normalized spacial score (nSPS) is 20.5. The number of ether oxygens (including phenoxy) is 2. The van der Waals surface area contributed by atoms with E-state index in [0.717, 1.165) is 0 Å². The standard InChI is InChI=1S/C23H29Cl2FN6O4/c1-22(2,3)35-20(33)31-10-12-8-30(9-13(11-31)32(12)21(34)36-23(4,5)6)18-14-7-27-17(24)15(26)16(14)28-19(25)29-18/h7,12-13H,8-11H2,1-6H3/t12-,13+. The molecule has 2 fully saturated rings. The van der Waals surface area contributed by atoms with E-state index in [2.05, 4.69) is 15.0 Å². The molecule has 2 aliphatic heterocycles. The molecule has 0 unspecified atom stereocenters. The summed E-state index contributed by atoms with van der Waals surface area (Å²) in [5.41, 5.74) is -1.39. The number of carbonyl (C=O) groups is 2. The lowest BCUT2D eigenvalue weighted by Gasteiger charge is -2.52. The van der Waals surface area contributed by atoms with Gasteiger partial charge in [0.2, 0.25) is 5.28 Å². The van der Waals surface area contributed by atoms with Crippen molar-refractivity contribution in [1.82, 2.24) is 24.8 Å². The molecular weight excluding hydrogens is 514 g/mol. The van der Waals surface area contributed by atoms with Crippen LogP contribution < -0.4 is 4.90 Å². The molecule has 4 heterocycles. The van der Waals surface area contributed by atoms with Gasteiger partial charge in [-0.1, -0.05) is 11.6 Å². The number of nitrogens with zero attached hydrogens (tertiary/aromatic N) is 6. The summed E-state index contributed by atoms with van der Waals surface area (Å²) in [5, 5.41) is -0.120. The molecule has 2 atom stereocenters. The molecule has 2 aromatic heterocycles. The van der Waals surface area contributed by atoms with Gasteiger partial charge in [-0.15, -0.1) is 0 Å². The predicted molar refractivity (Wildman–Crippen MR) is 133 cm³/mol. The number of anilines is 1. The van der Waals surface area contributed by atoms with E-state index in [9.17, 15) is 14.0 Å². The monoisotopic (exact) mass is 542 g/mol. The predicted octanol–water partition coefficient (Wildman–Crippen LogP) is 4.52. The van der Waals surface area contributed by atoms with E-state index in [1.54, 1.807) is 51.3 Å². The van der Waals surface area contributed by atoms with Gasteiger partial charge in [-0.25, -0.2) is 23.9 Å². The van der Waals surface area contributed by atoms with Gasteiger partial charge < -0.3 is 19.3 Å². The van der Waals surface area contributed by atoms with Gasteiger partial charge in [-0.05, 0) is 53.1 Å². The number of halogens is 3. The van der Waals surface area contributed by atoms with Crippen molar-refractivity contribution in [2.45, 2.75) is 64.8 Å². The van der Waals surface area contributed by atoms with Gasteiger partial charge in [0.1, 0.15) is 22.5 Å². The van der Waals surface area contributed by atoms with Crippen LogP contribution in [0.4, 0.5) is 19.8 Å². The Labute approximate surface area is 218 Å². The molecule has 4 rings (SSSR count). The molecule has 2 amide bonds. The van der Waals surface area contributed by atoms with Gasteiger partial charge in [-0.3, -0.25) is 4.90 Å². The Hall–Kier alpha value is -2.66.